The Kier molecular flexibility index (Phi) is 6.98. The molecule has 0 radical (unpaired) electrons. The summed E-state index contributed by atoms with van der Waals surface area (Å²) in [5.41, 5.74) is 4.36. The second kappa shape index (κ2) is 9.91. The third-order valence-corrected chi connectivity index (χ3v) is 7.25. The number of aryl methyl sites for hydroxylation is 1. The number of Topliss-reactive ketones (excluding diaryl/α,β-unsaturated/α-hetero) is 2. The Morgan fingerprint density at radius 2 is 1.97 bits per heavy atom. The standard InChI is InChI=1S/C26H29N3O3S/c1-16-23(18(3)30)17(2)27-24(16)22(31)15-33-26-28-21-12-8-7-11-20(21)25(32)29(26)14-13-19-9-5-4-6-10-19/h7-9,11-12,27H,4-6,10,13-15H2,1-3H3. The van der Waals surface area contributed by atoms with E-state index in [1.165, 1.54) is 37.1 Å². The number of benzene rings is 1. The minimum Gasteiger partial charge on any atom is -0.355 e. The lowest BCUT2D eigenvalue weighted by atomic mass is 9.97. The molecule has 0 spiro atoms. The maximum absolute atomic E-state index is 13.3. The number of para-hydroxylation sites is 1. The molecular formula is C26H29N3O3S. The molecule has 3 aromatic rings. The van der Waals surface area contributed by atoms with E-state index < -0.39 is 0 Å². The van der Waals surface area contributed by atoms with Crippen molar-refractivity contribution in [2.75, 3.05) is 5.75 Å². The number of hydrogen-bond acceptors (Lipinski definition) is 5. The summed E-state index contributed by atoms with van der Waals surface area (Å²) in [6.45, 7) is 5.65. The van der Waals surface area contributed by atoms with Gasteiger partial charge in [-0.25, -0.2) is 4.98 Å². The summed E-state index contributed by atoms with van der Waals surface area (Å²) >= 11 is 1.28. The fraction of sp³-hybridized carbons (Fsp3) is 0.385. The second-order valence-electron chi connectivity index (χ2n) is 8.62. The van der Waals surface area contributed by atoms with Gasteiger partial charge in [-0.15, -0.1) is 0 Å². The number of thioether (sulfide) groups is 1. The molecule has 0 unspecified atom stereocenters. The van der Waals surface area contributed by atoms with E-state index in [-0.39, 0.29) is 22.9 Å². The average molecular weight is 464 g/mol. The fourth-order valence-electron chi connectivity index (χ4n) is 4.60. The number of nitrogens with zero attached hydrogens (tertiary/aromatic N) is 2. The smallest absolute Gasteiger partial charge is 0.262 e. The van der Waals surface area contributed by atoms with Gasteiger partial charge in [0.15, 0.2) is 16.7 Å². The van der Waals surface area contributed by atoms with Crippen LogP contribution in [-0.2, 0) is 6.54 Å². The molecule has 0 bridgehead atoms. The largest absolute Gasteiger partial charge is 0.355 e. The quantitative estimate of drug-likeness (QED) is 0.209. The lowest BCUT2D eigenvalue weighted by molar-refractivity contribution is 0.101. The van der Waals surface area contributed by atoms with E-state index in [9.17, 15) is 14.4 Å². The second-order valence-corrected chi connectivity index (χ2v) is 9.56. The highest BCUT2D eigenvalue weighted by molar-refractivity contribution is 7.99. The van der Waals surface area contributed by atoms with Crippen molar-refractivity contribution in [3.8, 4) is 0 Å². The van der Waals surface area contributed by atoms with Crippen molar-refractivity contribution >= 4 is 34.2 Å². The molecule has 1 aliphatic rings. The van der Waals surface area contributed by atoms with Crippen LogP contribution in [0.4, 0.5) is 0 Å². The van der Waals surface area contributed by atoms with Gasteiger partial charge in [-0.3, -0.25) is 19.0 Å². The number of allylic oxidation sites excluding steroid dienone is 2. The summed E-state index contributed by atoms with van der Waals surface area (Å²) in [5, 5.41) is 1.14. The summed E-state index contributed by atoms with van der Waals surface area (Å²) in [4.78, 5) is 46.0. The number of nitrogens with one attached hydrogen (secondary N) is 1. The summed E-state index contributed by atoms with van der Waals surface area (Å²) in [6, 6.07) is 7.34. The molecule has 1 aromatic carbocycles. The summed E-state index contributed by atoms with van der Waals surface area (Å²) in [5.74, 6) is -0.0435. The minimum absolute atomic E-state index is 0.0602. The molecule has 0 fully saturated rings. The maximum atomic E-state index is 13.3. The molecule has 0 saturated heterocycles. The summed E-state index contributed by atoms with van der Waals surface area (Å²) < 4.78 is 1.71. The summed E-state index contributed by atoms with van der Waals surface area (Å²) in [7, 11) is 0. The van der Waals surface area contributed by atoms with Crippen molar-refractivity contribution < 1.29 is 9.59 Å². The first kappa shape index (κ1) is 23.2. The first-order chi connectivity index (χ1) is 15.9. The number of hydrogen-bond donors (Lipinski definition) is 1. The Labute approximate surface area is 197 Å². The van der Waals surface area contributed by atoms with Crippen LogP contribution in [0, 0.1) is 13.8 Å². The first-order valence-corrected chi connectivity index (χ1v) is 12.4. The van der Waals surface area contributed by atoms with Gasteiger partial charge in [0.05, 0.1) is 22.3 Å². The fourth-order valence-corrected chi connectivity index (χ4v) is 5.50. The Balaban J connectivity index is 1.61. The van der Waals surface area contributed by atoms with Gasteiger partial charge in [0.2, 0.25) is 0 Å². The van der Waals surface area contributed by atoms with E-state index in [1.54, 1.807) is 24.5 Å². The zero-order valence-electron chi connectivity index (χ0n) is 19.4. The highest BCUT2D eigenvalue weighted by atomic mass is 32.2. The molecule has 33 heavy (non-hydrogen) atoms. The number of rotatable bonds is 8. The van der Waals surface area contributed by atoms with E-state index >= 15 is 0 Å². The zero-order chi connectivity index (χ0) is 23.5. The number of carbonyl (C=O) groups is 2. The molecule has 172 valence electrons. The van der Waals surface area contributed by atoms with E-state index in [0.717, 1.165) is 19.3 Å². The van der Waals surface area contributed by atoms with Crippen LogP contribution in [0.15, 0.2) is 45.9 Å². The van der Waals surface area contributed by atoms with Crippen LogP contribution in [0.2, 0.25) is 0 Å². The number of ketones is 2. The lowest BCUT2D eigenvalue weighted by Gasteiger charge is -2.16. The minimum atomic E-state index is -0.114. The van der Waals surface area contributed by atoms with Crippen molar-refractivity contribution in [3.63, 3.8) is 0 Å². The van der Waals surface area contributed by atoms with Crippen molar-refractivity contribution in [3.05, 3.63) is 68.8 Å². The highest BCUT2D eigenvalue weighted by Gasteiger charge is 2.21. The Hall–Kier alpha value is -2.93. The van der Waals surface area contributed by atoms with Gasteiger partial charge >= 0.3 is 0 Å². The molecule has 0 amide bonds. The van der Waals surface area contributed by atoms with E-state index in [4.69, 9.17) is 4.98 Å². The molecule has 1 aliphatic carbocycles. The molecule has 0 aliphatic heterocycles. The monoisotopic (exact) mass is 463 g/mol. The SMILES string of the molecule is CC(=O)c1c(C)[nH]c(C(=O)CSc2nc3ccccc3c(=O)n2CCC2=CCCCC2)c1C. The van der Waals surface area contributed by atoms with E-state index in [2.05, 4.69) is 11.1 Å². The van der Waals surface area contributed by atoms with Gasteiger partial charge in [-0.05, 0) is 70.6 Å². The Morgan fingerprint density at radius 3 is 2.67 bits per heavy atom. The van der Waals surface area contributed by atoms with Gasteiger partial charge in [0.25, 0.3) is 5.56 Å². The predicted octanol–water partition coefficient (Wildman–Crippen LogP) is 5.41. The molecule has 0 saturated carbocycles. The van der Waals surface area contributed by atoms with Crippen LogP contribution in [0.3, 0.4) is 0 Å². The number of carbonyl (C=O) groups excluding carboxylic acids is 2. The van der Waals surface area contributed by atoms with Gasteiger partial charge in [-0.1, -0.05) is 35.5 Å². The molecule has 4 rings (SSSR count). The topological polar surface area (TPSA) is 84.8 Å². The highest BCUT2D eigenvalue weighted by Crippen LogP contribution is 2.25. The van der Waals surface area contributed by atoms with Crippen LogP contribution >= 0.6 is 11.8 Å². The molecule has 2 heterocycles. The molecular weight excluding hydrogens is 434 g/mol. The van der Waals surface area contributed by atoms with Crippen molar-refractivity contribution in [2.45, 2.75) is 64.6 Å². The van der Waals surface area contributed by atoms with Gasteiger partial charge in [-0.2, -0.15) is 0 Å². The van der Waals surface area contributed by atoms with Gasteiger partial charge < -0.3 is 4.98 Å². The van der Waals surface area contributed by atoms with Crippen LogP contribution < -0.4 is 5.56 Å². The Bertz CT molecular complexity index is 1320. The van der Waals surface area contributed by atoms with Crippen molar-refractivity contribution in [2.24, 2.45) is 0 Å². The molecule has 7 heteroatoms. The van der Waals surface area contributed by atoms with Crippen molar-refractivity contribution in [1.82, 2.24) is 14.5 Å². The van der Waals surface area contributed by atoms with E-state index in [0.29, 0.717) is 45.1 Å². The molecule has 6 nitrogen and oxygen atoms in total. The molecule has 2 aromatic heterocycles. The first-order valence-electron chi connectivity index (χ1n) is 11.4. The number of aromatic nitrogens is 3. The van der Waals surface area contributed by atoms with Crippen LogP contribution in [0.1, 0.15) is 71.1 Å². The third kappa shape index (κ3) is 4.88. The number of H-pyrrole nitrogens is 1. The lowest BCUT2D eigenvalue weighted by Crippen LogP contribution is -2.24. The van der Waals surface area contributed by atoms with Crippen LogP contribution in [-0.4, -0.2) is 31.9 Å². The summed E-state index contributed by atoms with van der Waals surface area (Å²) in [6.07, 6.45) is 7.73. The normalized spacial score (nSPS) is 13.8. The predicted molar refractivity (Wildman–Crippen MR) is 132 cm³/mol. The van der Waals surface area contributed by atoms with Crippen LogP contribution in [0.25, 0.3) is 10.9 Å². The van der Waals surface area contributed by atoms with E-state index in [1.807, 2.05) is 18.2 Å². The number of aromatic amines is 1. The number of fused-ring (bicyclic) bond motifs is 1. The average Bonchev–Trinajstić information content (AvgIpc) is 3.11. The van der Waals surface area contributed by atoms with Crippen LogP contribution in [0.5, 0.6) is 0 Å². The van der Waals surface area contributed by atoms with Gasteiger partial charge in [0.1, 0.15) is 0 Å². The zero-order valence-corrected chi connectivity index (χ0v) is 20.2. The van der Waals surface area contributed by atoms with Gasteiger partial charge in [0, 0.05) is 17.8 Å². The maximum Gasteiger partial charge on any atom is 0.262 e. The Morgan fingerprint density at radius 1 is 1.18 bits per heavy atom. The molecule has 1 N–H and O–H groups in total. The third-order valence-electron chi connectivity index (χ3n) is 6.27. The van der Waals surface area contributed by atoms with Crippen molar-refractivity contribution in [1.29, 1.82) is 0 Å². The molecule has 0 atom stereocenters.